The van der Waals surface area contributed by atoms with Gasteiger partial charge in [0.15, 0.2) is 0 Å². The number of rotatable bonds is 6. The number of nitrogens with zero attached hydrogens (tertiary/aromatic N) is 2. The molecule has 2 amide bonds. The van der Waals surface area contributed by atoms with E-state index in [1.807, 2.05) is 19.1 Å². The van der Waals surface area contributed by atoms with Gasteiger partial charge in [-0.15, -0.1) is 0 Å². The number of hydrogen-bond acceptors (Lipinski definition) is 6. The largest absolute Gasteiger partial charge is 0.495 e. The highest BCUT2D eigenvalue weighted by molar-refractivity contribution is 6.46. The molecule has 1 N–H and O–H groups in total. The third-order valence-corrected chi connectivity index (χ3v) is 5.08. The number of nitrogens with one attached hydrogen (secondary N) is 1. The first kappa shape index (κ1) is 20.8. The standard InChI is InChI=1S/C24H19N3O5/c1-15-8-13-20(32-2)19(14-15)25-22-21(16-9-11-18(12-10-16)27(30)31)23(28)26(24(22)29)17-6-4-3-5-7-17/h3-14,25H,1-2H3. The SMILES string of the molecule is COc1ccc(C)cc1NC1=C(c2ccc([N+](=O)[O-])cc2)C(=O)N(c2ccccc2)C1=O. The number of methoxy groups -OCH3 is 1. The van der Waals surface area contributed by atoms with Crippen molar-refractivity contribution >= 4 is 34.4 Å². The summed E-state index contributed by atoms with van der Waals surface area (Å²) in [5.41, 5.74) is 2.35. The predicted octanol–water partition coefficient (Wildman–Crippen LogP) is 4.31. The van der Waals surface area contributed by atoms with Crippen molar-refractivity contribution in [2.75, 3.05) is 17.3 Å². The van der Waals surface area contributed by atoms with E-state index in [9.17, 15) is 19.7 Å². The Bertz CT molecular complexity index is 1250. The van der Waals surface area contributed by atoms with Crippen molar-refractivity contribution in [1.82, 2.24) is 0 Å². The maximum absolute atomic E-state index is 13.4. The van der Waals surface area contributed by atoms with Crippen LogP contribution in [0.5, 0.6) is 5.75 Å². The average molecular weight is 429 g/mol. The van der Waals surface area contributed by atoms with E-state index in [1.165, 1.54) is 31.4 Å². The number of anilines is 2. The molecule has 0 fully saturated rings. The van der Waals surface area contributed by atoms with Crippen LogP contribution < -0.4 is 15.0 Å². The summed E-state index contributed by atoms with van der Waals surface area (Å²) >= 11 is 0. The number of benzene rings is 3. The monoisotopic (exact) mass is 429 g/mol. The number of aryl methyl sites for hydroxylation is 1. The molecule has 1 aliphatic heterocycles. The molecule has 4 rings (SSSR count). The van der Waals surface area contributed by atoms with E-state index in [-0.39, 0.29) is 17.0 Å². The second kappa shape index (κ2) is 8.35. The molecular formula is C24H19N3O5. The Kier molecular flexibility index (Phi) is 5.43. The number of hydrogen-bond donors (Lipinski definition) is 1. The van der Waals surface area contributed by atoms with Gasteiger partial charge in [0.1, 0.15) is 11.4 Å². The Labute approximate surface area is 183 Å². The molecule has 0 atom stereocenters. The van der Waals surface area contributed by atoms with E-state index in [0.29, 0.717) is 22.7 Å². The minimum atomic E-state index is -0.530. The van der Waals surface area contributed by atoms with Crippen LogP contribution >= 0.6 is 0 Å². The molecule has 8 heteroatoms. The van der Waals surface area contributed by atoms with Crippen LogP contribution in [0.25, 0.3) is 5.57 Å². The van der Waals surface area contributed by atoms with Gasteiger partial charge >= 0.3 is 0 Å². The maximum atomic E-state index is 13.4. The summed E-state index contributed by atoms with van der Waals surface area (Å²) < 4.78 is 5.40. The number of ether oxygens (including phenoxy) is 1. The van der Waals surface area contributed by atoms with Crippen molar-refractivity contribution in [2.24, 2.45) is 0 Å². The summed E-state index contributed by atoms with van der Waals surface area (Å²) in [6, 6.07) is 19.5. The van der Waals surface area contributed by atoms with Gasteiger partial charge in [0.2, 0.25) is 0 Å². The molecule has 3 aromatic carbocycles. The number of carbonyl (C=O) groups excluding carboxylic acids is 2. The van der Waals surface area contributed by atoms with Gasteiger partial charge in [0, 0.05) is 12.1 Å². The van der Waals surface area contributed by atoms with Crippen molar-refractivity contribution in [2.45, 2.75) is 6.92 Å². The number of para-hydroxylation sites is 1. The van der Waals surface area contributed by atoms with Crippen LogP contribution in [0.2, 0.25) is 0 Å². The normalized spacial score (nSPS) is 13.5. The number of carbonyl (C=O) groups is 2. The van der Waals surface area contributed by atoms with E-state index in [0.717, 1.165) is 10.5 Å². The number of nitro benzene ring substituents is 1. The van der Waals surface area contributed by atoms with Crippen LogP contribution in [0, 0.1) is 17.0 Å². The highest BCUT2D eigenvalue weighted by Gasteiger charge is 2.40. The lowest BCUT2D eigenvalue weighted by atomic mass is 10.0. The summed E-state index contributed by atoms with van der Waals surface area (Å²) in [6.07, 6.45) is 0. The lowest BCUT2D eigenvalue weighted by Crippen LogP contribution is -2.32. The van der Waals surface area contributed by atoms with Crippen molar-refractivity contribution in [3.8, 4) is 5.75 Å². The molecule has 8 nitrogen and oxygen atoms in total. The average Bonchev–Trinajstić information content (AvgIpc) is 3.04. The van der Waals surface area contributed by atoms with Crippen LogP contribution in [-0.4, -0.2) is 23.8 Å². The van der Waals surface area contributed by atoms with E-state index in [1.54, 1.807) is 36.4 Å². The molecule has 1 aliphatic rings. The summed E-state index contributed by atoms with van der Waals surface area (Å²) in [5.74, 6) is -0.549. The van der Waals surface area contributed by atoms with Crippen LogP contribution in [0.3, 0.4) is 0 Å². The number of imide groups is 1. The summed E-state index contributed by atoms with van der Waals surface area (Å²) in [6.45, 7) is 1.90. The zero-order valence-electron chi connectivity index (χ0n) is 17.4. The Morgan fingerprint density at radius 2 is 1.62 bits per heavy atom. The van der Waals surface area contributed by atoms with Crippen LogP contribution in [0.4, 0.5) is 17.1 Å². The van der Waals surface area contributed by atoms with Gasteiger partial charge in [-0.1, -0.05) is 24.3 Å². The Morgan fingerprint density at radius 1 is 0.938 bits per heavy atom. The number of amides is 2. The fourth-order valence-electron chi connectivity index (χ4n) is 3.53. The molecule has 0 unspecified atom stereocenters. The molecule has 0 saturated heterocycles. The van der Waals surface area contributed by atoms with E-state index >= 15 is 0 Å². The molecule has 0 saturated carbocycles. The maximum Gasteiger partial charge on any atom is 0.282 e. The first-order valence-corrected chi connectivity index (χ1v) is 9.75. The highest BCUT2D eigenvalue weighted by atomic mass is 16.6. The van der Waals surface area contributed by atoms with Crippen molar-refractivity contribution in [3.63, 3.8) is 0 Å². The fourth-order valence-corrected chi connectivity index (χ4v) is 3.53. The number of nitro groups is 1. The van der Waals surface area contributed by atoms with Gasteiger partial charge in [-0.3, -0.25) is 19.7 Å². The molecule has 0 bridgehead atoms. The lowest BCUT2D eigenvalue weighted by Gasteiger charge is -2.16. The Morgan fingerprint density at radius 3 is 2.25 bits per heavy atom. The highest BCUT2D eigenvalue weighted by Crippen LogP contribution is 2.36. The first-order chi connectivity index (χ1) is 15.4. The van der Waals surface area contributed by atoms with Gasteiger partial charge in [0.25, 0.3) is 17.5 Å². The topological polar surface area (TPSA) is 102 Å². The van der Waals surface area contributed by atoms with Crippen LogP contribution in [0.15, 0.2) is 78.5 Å². The molecular weight excluding hydrogens is 410 g/mol. The summed E-state index contributed by atoms with van der Waals surface area (Å²) in [7, 11) is 1.51. The van der Waals surface area contributed by atoms with Gasteiger partial charge in [-0.05, 0) is 54.4 Å². The Balaban J connectivity index is 1.85. The first-order valence-electron chi connectivity index (χ1n) is 9.75. The van der Waals surface area contributed by atoms with E-state index in [4.69, 9.17) is 4.74 Å². The van der Waals surface area contributed by atoms with Gasteiger partial charge in [0.05, 0.1) is 29.0 Å². The summed E-state index contributed by atoms with van der Waals surface area (Å²) in [4.78, 5) is 38.4. The minimum absolute atomic E-state index is 0.0663. The van der Waals surface area contributed by atoms with Gasteiger partial charge < -0.3 is 10.1 Å². The van der Waals surface area contributed by atoms with Crippen molar-refractivity contribution in [1.29, 1.82) is 0 Å². The fraction of sp³-hybridized carbons (Fsp3) is 0.0833. The summed E-state index contributed by atoms with van der Waals surface area (Å²) in [5, 5.41) is 14.1. The van der Waals surface area contributed by atoms with Crippen molar-refractivity contribution in [3.05, 3.63) is 99.7 Å². The van der Waals surface area contributed by atoms with Gasteiger partial charge in [-0.25, -0.2) is 4.90 Å². The van der Waals surface area contributed by atoms with E-state index < -0.39 is 16.7 Å². The van der Waals surface area contributed by atoms with Crippen LogP contribution in [0.1, 0.15) is 11.1 Å². The van der Waals surface area contributed by atoms with Crippen molar-refractivity contribution < 1.29 is 19.2 Å². The molecule has 0 spiro atoms. The third-order valence-electron chi connectivity index (χ3n) is 5.08. The van der Waals surface area contributed by atoms with E-state index in [2.05, 4.69) is 5.32 Å². The molecule has 160 valence electrons. The second-order valence-electron chi connectivity index (χ2n) is 7.16. The molecule has 0 aliphatic carbocycles. The smallest absolute Gasteiger partial charge is 0.282 e. The quantitative estimate of drug-likeness (QED) is 0.356. The lowest BCUT2D eigenvalue weighted by molar-refractivity contribution is -0.384. The molecule has 3 aromatic rings. The predicted molar refractivity (Wildman–Crippen MR) is 120 cm³/mol. The second-order valence-corrected chi connectivity index (χ2v) is 7.16. The molecule has 0 aromatic heterocycles. The molecule has 0 radical (unpaired) electrons. The number of non-ortho nitro benzene ring substituents is 1. The zero-order valence-corrected chi connectivity index (χ0v) is 17.4. The zero-order chi connectivity index (χ0) is 22.8. The Hall–Kier alpha value is -4.46. The third kappa shape index (κ3) is 3.69. The molecule has 32 heavy (non-hydrogen) atoms. The van der Waals surface area contributed by atoms with Gasteiger partial charge in [-0.2, -0.15) is 0 Å². The van der Waals surface area contributed by atoms with Crippen LogP contribution in [-0.2, 0) is 9.59 Å². The molecule has 1 heterocycles. The minimum Gasteiger partial charge on any atom is -0.495 e.